The number of hydrogen-bond donors (Lipinski definition) is 1. The van der Waals surface area contributed by atoms with E-state index in [9.17, 15) is 13.2 Å². The number of benzene rings is 1. The molecule has 0 saturated carbocycles. The lowest BCUT2D eigenvalue weighted by Gasteiger charge is -2.07. The number of hydrogen-bond acceptors (Lipinski definition) is 3. The van der Waals surface area contributed by atoms with Crippen LogP contribution in [0.4, 0.5) is 18.3 Å². The third-order valence-electron chi connectivity index (χ3n) is 2.58. The highest BCUT2D eigenvalue weighted by Crippen LogP contribution is 2.36. The van der Waals surface area contributed by atoms with E-state index in [0.717, 1.165) is 34.4 Å². The average Bonchev–Trinajstić information content (AvgIpc) is 2.70. The normalized spacial score (nSPS) is 11.6. The molecular formula is C13H13F3N2S. The fourth-order valence-corrected chi connectivity index (χ4v) is 2.76. The molecule has 0 aliphatic carbocycles. The van der Waals surface area contributed by atoms with Crippen molar-refractivity contribution in [3.63, 3.8) is 0 Å². The van der Waals surface area contributed by atoms with Crippen molar-refractivity contribution < 1.29 is 13.2 Å². The highest BCUT2D eigenvalue weighted by Gasteiger charge is 2.30. The number of thiazole rings is 1. The zero-order valence-electron chi connectivity index (χ0n) is 10.5. The van der Waals surface area contributed by atoms with Crippen LogP contribution in [0.2, 0.25) is 0 Å². The van der Waals surface area contributed by atoms with Gasteiger partial charge in [0.15, 0.2) is 5.13 Å². The van der Waals surface area contributed by atoms with Crippen molar-refractivity contribution in [1.29, 1.82) is 0 Å². The molecule has 0 saturated heterocycles. The van der Waals surface area contributed by atoms with Crippen LogP contribution in [0, 0.1) is 6.92 Å². The number of nitrogens with one attached hydrogen (secondary N) is 1. The van der Waals surface area contributed by atoms with E-state index in [1.165, 1.54) is 17.4 Å². The summed E-state index contributed by atoms with van der Waals surface area (Å²) in [6.07, 6.45) is -4.32. The van der Waals surface area contributed by atoms with Crippen LogP contribution in [-0.4, -0.2) is 11.5 Å². The van der Waals surface area contributed by atoms with Gasteiger partial charge in [-0.15, -0.1) is 0 Å². The van der Waals surface area contributed by atoms with Crippen molar-refractivity contribution in [2.75, 3.05) is 11.9 Å². The molecule has 6 heteroatoms. The first-order chi connectivity index (χ1) is 8.91. The number of nitrogens with zero attached hydrogens (tertiary/aromatic N) is 1. The summed E-state index contributed by atoms with van der Waals surface area (Å²) in [5.74, 6) is 0. The minimum atomic E-state index is -4.32. The molecule has 0 aliphatic heterocycles. The lowest BCUT2D eigenvalue weighted by atomic mass is 10.1. The van der Waals surface area contributed by atoms with Crippen LogP contribution in [0.5, 0.6) is 0 Å². The van der Waals surface area contributed by atoms with E-state index in [4.69, 9.17) is 0 Å². The Hall–Kier alpha value is -1.56. The summed E-state index contributed by atoms with van der Waals surface area (Å²) >= 11 is 1.37. The van der Waals surface area contributed by atoms with Crippen molar-refractivity contribution in [3.8, 4) is 10.4 Å². The second kappa shape index (κ2) is 5.21. The first-order valence-electron chi connectivity index (χ1n) is 5.80. The Kier molecular flexibility index (Phi) is 3.80. The molecule has 0 fully saturated rings. The summed E-state index contributed by atoms with van der Waals surface area (Å²) in [7, 11) is 0. The highest BCUT2D eigenvalue weighted by atomic mass is 32.1. The minimum absolute atomic E-state index is 0.550. The molecule has 2 aromatic rings. The standard InChI is InChI=1S/C13H13F3N2S/c1-3-17-12-18-8(2)11(19-12)9-5-4-6-10(7-9)13(14,15)16/h4-7H,3H2,1-2H3,(H,17,18). The number of alkyl halides is 3. The second-order valence-electron chi connectivity index (χ2n) is 4.04. The van der Waals surface area contributed by atoms with Crippen LogP contribution in [0.1, 0.15) is 18.2 Å². The summed E-state index contributed by atoms with van der Waals surface area (Å²) in [5.41, 5.74) is 0.650. The molecule has 0 aliphatic rings. The molecule has 1 aromatic heterocycles. The minimum Gasteiger partial charge on any atom is -0.362 e. The van der Waals surface area contributed by atoms with Gasteiger partial charge in [-0.2, -0.15) is 13.2 Å². The van der Waals surface area contributed by atoms with Gasteiger partial charge in [0.1, 0.15) is 0 Å². The molecule has 1 heterocycles. The molecule has 1 N–H and O–H groups in total. The Morgan fingerprint density at radius 1 is 1.32 bits per heavy atom. The van der Waals surface area contributed by atoms with E-state index in [2.05, 4.69) is 10.3 Å². The molecule has 1 aromatic carbocycles. The average molecular weight is 286 g/mol. The molecule has 0 spiro atoms. The van der Waals surface area contributed by atoms with Crippen molar-refractivity contribution in [2.45, 2.75) is 20.0 Å². The van der Waals surface area contributed by atoms with Crippen molar-refractivity contribution >= 4 is 16.5 Å². The zero-order chi connectivity index (χ0) is 14.0. The van der Waals surface area contributed by atoms with Crippen LogP contribution in [-0.2, 0) is 6.18 Å². The maximum atomic E-state index is 12.7. The summed E-state index contributed by atoms with van der Waals surface area (Å²) in [5, 5.41) is 3.80. The van der Waals surface area contributed by atoms with Gasteiger partial charge in [0.2, 0.25) is 0 Å². The van der Waals surface area contributed by atoms with Gasteiger partial charge >= 0.3 is 6.18 Å². The first kappa shape index (κ1) is 13.9. The van der Waals surface area contributed by atoms with Crippen LogP contribution in [0.15, 0.2) is 24.3 Å². The van der Waals surface area contributed by atoms with Gasteiger partial charge in [0.25, 0.3) is 0 Å². The number of anilines is 1. The van der Waals surface area contributed by atoms with E-state index in [1.54, 1.807) is 13.0 Å². The Morgan fingerprint density at radius 3 is 2.68 bits per heavy atom. The summed E-state index contributed by atoms with van der Waals surface area (Å²) in [4.78, 5) is 5.06. The van der Waals surface area contributed by atoms with E-state index >= 15 is 0 Å². The van der Waals surface area contributed by atoms with Crippen molar-refractivity contribution in [3.05, 3.63) is 35.5 Å². The zero-order valence-corrected chi connectivity index (χ0v) is 11.3. The smallest absolute Gasteiger partial charge is 0.362 e. The van der Waals surface area contributed by atoms with E-state index in [-0.39, 0.29) is 0 Å². The highest BCUT2D eigenvalue weighted by molar-refractivity contribution is 7.19. The SMILES string of the molecule is CCNc1nc(C)c(-c2cccc(C(F)(F)F)c2)s1. The molecule has 0 unspecified atom stereocenters. The Bertz CT molecular complexity index is 576. The number of aryl methyl sites for hydroxylation is 1. The van der Waals surface area contributed by atoms with Crippen molar-refractivity contribution in [1.82, 2.24) is 4.98 Å². The van der Waals surface area contributed by atoms with Gasteiger partial charge in [-0.1, -0.05) is 23.5 Å². The predicted molar refractivity (Wildman–Crippen MR) is 71.5 cm³/mol. The maximum Gasteiger partial charge on any atom is 0.416 e. The van der Waals surface area contributed by atoms with Gasteiger partial charge in [0.05, 0.1) is 16.1 Å². The molecule has 2 nitrogen and oxygen atoms in total. The number of aromatic nitrogens is 1. The molecular weight excluding hydrogens is 273 g/mol. The van der Waals surface area contributed by atoms with Gasteiger partial charge < -0.3 is 5.32 Å². The molecule has 19 heavy (non-hydrogen) atoms. The third-order valence-corrected chi connectivity index (χ3v) is 3.74. The quantitative estimate of drug-likeness (QED) is 0.894. The molecule has 0 amide bonds. The molecule has 0 atom stereocenters. The Morgan fingerprint density at radius 2 is 2.05 bits per heavy atom. The molecule has 102 valence electrons. The molecule has 0 bridgehead atoms. The fourth-order valence-electron chi connectivity index (χ4n) is 1.73. The Balaban J connectivity index is 2.42. The number of rotatable bonds is 3. The van der Waals surface area contributed by atoms with Gasteiger partial charge in [-0.25, -0.2) is 4.98 Å². The van der Waals surface area contributed by atoms with Crippen LogP contribution >= 0.6 is 11.3 Å². The van der Waals surface area contributed by atoms with Crippen molar-refractivity contribution in [2.24, 2.45) is 0 Å². The fraction of sp³-hybridized carbons (Fsp3) is 0.308. The lowest BCUT2D eigenvalue weighted by molar-refractivity contribution is -0.137. The molecule has 2 rings (SSSR count). The maximum absolute atomic E-state index is 12.7. The number of halogens is 3. The monoisotopic (exact) mass is 286 g/mol. The van der Waals surface area contributed by atoms with E-state index in [0.29, 0.717) is 5.56 Å². The van der Waals surface area contributed by atoms with E-state index < -0.39 is 11.7 Å². The van der Waals surface area contributed by atoms with Crippen LogP contribution in [0.25, 0.3) is 10.4 Å². The van der Waals surface area contributed by atoms with Gasteiger partial charge in [-0.05, 0) is 31.5 Å². The summed E-state index contributed by atoms with van der Waals surface area (Å²) in [6, 6.07) is 5.33. The predicted octanol–water partition coefficient (Wildman–Crippen LogP) is 4.57. The summed E-state index contributed by atoms with van der Waals surface area (Å²) < 4.78 is 38.1. The lowest BCUT2D eigenvalue weighted by Crippen LogP contribution is -2.04. The van der Waals surface area contributed by atoms with Crippen LogP contribution < -0.4 is 5.32 Å². The van der Waals surface area contributed by atoms with E-state index in [1.807, 2.05) is 6.92 Å². The van der Waals surface area contributed by atoms with Crippen LogP contribution in [0.3, 0.4) is 0 Å². The first-order valence-corrected chi connectivity index (χ1v) is 6.62. The topological polar surface area (TPSA) is 24.9 Å². The van der Waals surface area contributed by atoms with Gasteiger partial charge in [-0.3, -0.25) is 0 Å². The second-order valence-corrected chi connectivity index (χ2v) is 5.04. The molecule has 0 radical (unpaired) electrons. The van der Waals surface area contributed by atoms with Gasteiger partial charge in [0, 0.05) is 6.54 Å². The third kappa shape index (κ3) is 3.07. The summed E-state index contributed by atoms with van der Waals surface area (Å²) in [6.45, 7) is 4.47. The Labute approximate surface area is 113 Å². The largest absolute Gasteiger partial charge is 0.416 e.